The third-order valence-corrected chi connectivity index (χ3v) is 5.07. The van der Waals surface area contributed by atoms with Crippen LogP contribution in [0, 0.1) is 11.7 Å². The first-order valence-electron chi connectivity index (χ1n) is 8.47. The highest BCUT2D eigenvalue weighted by molar-refractivity contribution is 5.82. The third-order valence-electron chi connectivity index (χ3n) is 5.07. The lowest BCUT2D eigenvalue weighted by Gasteiger charge is -2.46. The highest BCUT2D eigenvalue weighted by Crippen LogP contribution is 2.36. The van der Waals surface area contributed by atoms with Crippen LogP contribution in [-0.4, -0.2) is 46.8 Å². The number of rotatable bonds is 3. The SMILES string of the molecule is C[C@@H]1CCO[C@@H]1C(=O)N1CC(C)(c2nnc(-c3ccccc3F)o2)C1. The molecule has 2 atom stereocenters. The van der Waals surface area contributed by atoms with Crippen molar-refractivity contribution >= 4 is 5.91 Å². The number of hydrogen-bond donors (Lipinski definition) is 0. The molecule has 2 fully saturated rings. The van der Waals surface area contributed by atoms with E-state index in [0.29, 0.717) is 25.6 Å². The summed E-state index contributed by atoms with van der Waals surface area (Å²) in [5.41, 5.74) is -0.126. The van der Waals surface area contributed by atoms with Gasteiger partial charge in [-0.2, -0.15) is 0 Å². The number of halogens is 1. The Labute approximate surface area is 145 Å². The van der Waals surface area contributed by atoms with Crippen LogP contribution in [0.1, 0.15) is 26.2 Å². The second kappa shape index (κ2) is 5.91. The number of benzene rings is 1. The summed E-state index contributed by atoms with van der Waals surface area (Å²) in [6, 6.07) is 6.28. The zero-order valence-electron chi connectivity index (χ0n) is 14.2. The molecule has 1 amide bonds. The molecule has 0 aliphatic carbocycles. The van der Waals surface area contributed by atoms with E-state index >= 15 is 0 Å². The molecule has 0 spiro atoms. The number of aromatic nitrogens is 2. The minimum absolute atomic E-state index is 0.0244. The first-order valence-corrected chi connectivity index (χ1v) is 8.47. The topological polar surface area (TPSA) is 68.5 Å². The van der Waals surface area contributed by atoms with E-state index in [1.54, 1.807) is 23.1 Å². The van der Waals surface area contributed by atoms with Gasteiger partial charge in [-0.3, -0.25) is 4.79 Å². The molecule has 2 aliphatic heterocycles. The number of nitrogens with zero attached hydrogens (tertiary/aromatic N) is 3. The maximum Gasteiger partial charge on any atom is 0.252 e. The third kappa shape index (κ3) is 2.72. The lowest BCUT2D eigenvalue weighted by molar-refractivity contribution is -0.150. The number of amides is 1. The summed E-state index contributed by atoms with van der Waals surface area (Å²) in [7, 11) is 0. The molecule has 2 aromatic rings. The molecular weight excluding hydrogens is 325 g/mol. The number of ether oxygens (including phenoxy) is 1. The second-order valence-corrected chi connectivity index (χ2v) is 7.20. The van der Waals surface area contributed by atoms with E-state index in [9.17, 15) is 9.18 Å². The summed E-state index contributed by atoms with van der Waals surface area (Å²) in [6.07, 6.45) is 0.568. The van der Waals surface area contributed by atoms with Crippen LogP contribution in [0.25, 0.3) is 11.5 Å². The van der Waals surface area contributed by atoms with Gasteiger partial charge in [0.25, 0.3) is 11.8 Å². The molecule has 25 heavy (non-hydrogen) atoms. The van der Waals surface area contributed by atoms with E-state index in [0.717, 1.165) is 6.42 Å². The van der Waals surface area contributed by atoms with Gasteiger partial charge in [0.05, 0.1) is 11.0 Å². The van der Waals surface area contributed by atoms with Crippen LogP contribution in [0.5, 0.6) is 0 Å². The first-order chi connectivity index (χ1) is 12.0. The van der Waals surface area contributed by atoms with E-state index in [1.807, 2.05) is 13.8 Å². The van der Waals surface area contributed by atoms with Crippen molar-refractivity contribution in [3.63, 3.8) is 0 Å². The van der Waals surface area contributed by atoms with Crippen LogP contribution >= 0.6 is 0 Å². The Kier molecular flexibility index (Phi) is 3.83. The van der Waals surface area contributed by atoms with E-state index in [4.69, 9.17) is 9.15 Å². The summed E-state index contributed by atoms with van der Waals surface area (Å²) >= 11 is 0. The molecule has 3 heterocycles. The quantitative estimate of drug-likeness (QED) is 0.854. The van der Waals surface area contributed by atoms with Crippen molar-refractivity contribution in [1.82, 2.24) is 15.1 Å². The molecule has 1 aromatic carbocycles. The van der Waals surface area contributed by atoms with Gasteiger partial charge in [-0.1, -0.05) is 19.1 Å². The Morgan fingerprint density at radius 3 is 2.76 bits per heavy atom. The predicted octanol–water partition coefficient (Wildman–Crippen LogP) is 2.40. The van der Waals surface area contributed by atoms with Gasteiger partial charge in [-0.05, 0) is 31.4 Å². The Morgan fingerprint density at radius 1 is 1.32 bits per heavy atom. The van der Waals surface area contributed by atoms with Gasteiger partial charge in [0, 0.05) is 19.7 Å². The van der Waals surface area contributed by atoms with Crippen LogP contribution in [0.2, 0.25) is 0 Å². The Bertz CT molecular complexity index is 800. The van der Waals surface area contributed by atoms with Crippen LogP contribution in [0.4, 0.5) is 4.39 Å². The van der Waals surface area contributed by atoms with Crippen molar-refractivity contribution in [3.05, 3.63) is 36.0 Å². The molecule has 0 bridgehead atoms. The van der Waals surface area contributed by atoms with Gasteiger partial charge in [-0.15, -0.1) is 10.2 Å². The Morgan fingerprint density at radius 2 is 2.08 bits per heavy atom. The van der Waals surface area contributed by atoms with Crippen molar-refractivity contribution in [2.45, 2.75) is 31.8 Å². The molecule has 4 rings (SSSR count). The fraction of sp³-hybridized carbons (Fsp3) is 0.500. The van der Waals surface area contributed by atoms with Crippen LogP contribution in [0.3, 0.4) is 0 Å². The summed E-state index contributed by atoms with van der Waals surface area (Å²) in [5, 5.41) is 8.05. The molecule has 1 aromatic heterocycles. The molecule has 0 radical (unpaired) electrons. The smallest absolute Gasteiger partial charge is 0.252 e. The lowest BCUT2D eigenvalue weighted by Crippen LogP contribution is -2.62. The highest BCUT2D eigenvalue weighted by Gasteiger charge is 2.49. The monoisotopic (exact) mass is 345 g/mol. The fourth-order valence-electron chi connectivity index (χ4n) is 3.49. The molecule has 2 saturated heterocycles. The standard InChI is InChI=1S/C18H20FN3O3/c1-11-7-8-24-14(11)16(23)22-9-18(2,10-22)17-21-20-15(25-17)12-5-3-4-6-13(12)19/h3-6,11,14H,7-10H2,1-2H3/t11-,14+/m1/s1. The van der Waals surface area contributed by atoms with Gasteiger partial charge in [0.2, 0.25) is 5.89 Å². The zero-order valence-corrected chi connectivity index (χ0v) is 14.2. The summed E-state index contributed by atoms with van der Waals surface area (Å²) in [4.78, 5) is 14.3. The van der Waals surface area contributed by atoms with Gasteiger partial charge in [0.15, 0.2) is 0 Å². The Hall–Kier alpha value is -2.28. The van der Waals surface area contributed by atoms with Crippen LogP contribution in [-0.2, 0) is 14.9 Å². The molecule has 2 aliphatic rings. The van der Waals surface area contributed by atoms with E-state index in [1.165, 1.54) is 6.07 Å². The Balaban J connectivity index is 1.47. The van der Waals surface area contributed by atoms with Crippen molar-refractivity contribution in [3.8, 4) is 11.5 Å². The van der Waals surface area contributed by atoms with Crippen molar-refractivity contribution in [2.75, 3.05) is 19.7 Å². The molecule has 0 N–H and O–H groups in total. The molecular formula is C18H20FN3O3. The number of likely N-dealkylation sites (tertiary alicyclic amines) is 1. The van der Waals surface area contributed by atoms with Crippen molar-refractivity contribution < 1.29 is 18.3 Å². The molecule has 132 valence electrons. The average Bonchev–Trinajstić information content (AvgIpc) is 3.21. The number of carbonyl (C=O) groups excluding carboxylic acids is 1. The van der Waals surface area contributed by atoms with Gasteiger partial charge in [0.1, 0.15) is 11.9 Å². The van der Waals surface area contributed by atoms with Crippen molar-refractivity contribution in [1.29, 1.82) is 0 Å². The normalized spacial score (nSPS) is 25.0. The largest absolute Gasteiger partial charge is 0.420 e. The molecule has 0 saturated carbocycles. The minimum Gasteiger partial charge on any atom is -0.420 e. The lowest BCUT2D eigenvalue weighted by atomic mass is 9.81. The average molecular weight is 345 g/mol. The van der Waals surface area contributed by atoms with E-state index in [2.05, 4.69) is 10.2 Å². The molecule has 0 unspecified atom stereocenters. The second-order valence-electron chi connectivity index (χ2n) is 7.20. The summed E-state index contributed by atoms with van der Waals surface area (Å²) in [6.45, 7) is 5.63. The van der Waals surface area contributed by atoms with Crippen LogP contribution in [0.15, 0.2) is 28.7 Å². The van der Waals surface area contributed by atoms with Crippen molar-refractivity contribution in [2.24, 2.45) is 5.92 Å². The van der Waals surface area contributed by atoms with Gasteiger partial charge in [-0.25, -0.2) is 4.39 Å². The number of hydrogen-bond acceptors (Lipinski definition) is 5. The minimum atomic E-state index is -0.409. The zero-order chi connectivity index (χ0) is 17.6. The van der Waals surface area contributed by atoms with E-state index < -0.39 is 11.2 Å². The van der Waals surface area contributed by atoms with Gasteiger partial charge >= 0.3 is 0 Å². The maximum atomic E-state index is 13.9. The van der Waals surface area contributed by atoms with E-state index in [-0.39, 0.29) is 29.4 Å². The highest BCUT2D eigenvalue weighted by atomic mass is 19.1. The first kappa shape index (κ1) is 16.2. The molecule has 7 heteroatoms. The summed E-state index contributed by atoms with van der Waals surface area (Å²) < 4.78 is 25.1. The summed E-state index contributed by atoms with van der Waals surface area (Å²) in [5.74, 6) is 0.453. The maximum absolute atomic E-state index is 13.9. The van der Waals surface area contributed by atoms with Gasteiger partial charge < -0.3 is 14.1 Å². The van der Waals surface area contributed by atoms with Crippen LogP contribution < -0.4 is 0 Å². The number of carbonyl (C=O) groups is 1. The molecule has 6 nitrogen and oxygen atoms in total. The predicted molar refractivity (Wildman–Crippen MR) is 87.1 cm³/mol. The fourth-order valence-corrected chi connectivity index (χ4v) is 3.49.